The lowest BCUT2D eigenvalue weighted by Crippen LogP contribution is -2.18. The van der Waals surface area contributed by atoms with Crippen molar-refractivity contribution in [1.82, 2.24) is 24.8 Å². The van der Waals surface area contributed by atoms with Crippen molar-refractivity contribution in [2.75, 3.05) is 24.2 Å². The molecule has 3 aromatic heterocycles. The van der Waals surface area contributed by atoms with Crippen molar-refractivity contribution in [3.63, 3.8) is 0 Å². The van der Waals surface area contributed by atoms with Crippen LogP contribution in [-0.4, -0.2) is 39.0 Å². The highest BCUT2D eigenvalue weighted by atomic mass is 16.5. The first-order valence-electron chi connectivity index (χ1n) is 12.4. The predicted molar refractivity (Wildman–Crippen MR) is 157 cm³/mol. The number of hydrogen-bond donors (Lipinski definition) is 3. The molecule has 0 aliphatic heterocycles. The van der Waals surface area contributed by atoms with Gasteiger partial charge in [-0.2, -0.15) is 0 Å². The van der Waals surface area contributed by atoms with Gasteiger partial charge in [0.05, 0.1) is 11.0 Å². The summed E-state index contributed by atoms with van der Waals surface area (Å²) in [6.45, 7) is 4.97. The number of nitrogens with zero attached hydrogens (tertiary/aromatic N) is 4. The molecule has 0 radical (unpaired) electrons. The van der Waals surface area contributed by atoms with Crippen molar-refractivity contribution in [2.45, 2.75) is 13.8 Å². The second-order valence-corrected chi connectivity index (χ2v) is 8.82. The van der Waals surface area contributed by atoms with Crippen LogP contribution in [0.5, 0.6) is 11.5 Å². The van der Waals surface area contributed by atoms with Gasteiger partial charge >= 0.3 is 0 Å². The highest BCUT2D eigenvalue weighted by molar-refractivity contribution is 5.92. The maximum Gasteiger partial charge on any atom is 0.269 e. The molecule has 0 unspecified atom stereocenters. The molecule has 0 saturated heterocycles. The maximum absolute atomic E-state index is 11.9. The highest BCUT2D eigenvalue weighted by Gasteiger charge is 2.12. The number of carbonyl (C=O) groups is 1. The molecule has 0 aliphatic rings. The van der Waals surface area contributed by atoms with Gasteiger partial charge in [-0.3, -0.25) is 9.78 Å². The van der Waals surface area contributed by atoms with Crippen LogP contribution in [0.15, 0.2) is 73.1 Å². The fraction of sp³-hybridized carbons (Fsp3) is 0.172. The summed E-state index contributed by atoms with van der Waals surface area (Å²) < 4.78 is 8.00. The van der Waals surface area contributed by atoms with E-state index in [1.54, 1.807) is 25.4 Å². The second kappa shape index (κ2) is 10.6. The number of anilines is 3. The lowest BCUT2D eigenvalue weighted by molar-refractivity contribution is 0.0958. The zero-order chi connectivity index (χ0) is 26.6. The summed E-state index contributed by atoms with van der Waals surface area (Å²) in [6.07, 6.45) is 3.37. The van der Waals surface area contributed by atoms with Crippen LogP contribution in [0.3, 0.4) is 0 Å². The van der Waals surface area contributed by atoms with E-state index in [1.165, 1.54) is 5.56 Å². The summed E-state index contributed by atoms with van der Waals surface area (Å²) in [5.74, 6) is 2.43. The predicted octanol–water partition coefficient (Wildman–Crippen LogP) is 6.40. The minimum atomic E-state index is -0.271. The average Bonchev–Trinajstić information content (AvgIpc) is 3.23. The van der Waals surface area contributed by atoms with Crippen LogP contribution in [0.1, 0.15) is 27.3 Å². The molecule has 198 valence electrons. The van der Waals surface area contributed by atoms with Gasteiger partial charge < -0.3 is 25.3 Å². The molecule has 3 N–H and O–H groups in total. The van der Waals surface area contributed by atoms with E-state index in [-0.39, 0.29) is 15.9 Å². The third-order valence-electron chi connectivity index (χ3n) is 6.20. The van der Waals surface area contributed by atoms with E-state index in [4.69, 9.17) is 9.72 Å². The lowest BCUT2D eigenvalue weighted by Gasteiger charge is -2.12. The molecule has 9 nitrogen and oxygen atoms in total. The molecule has 2 aromatic carbocycles. The molecule has 0 atom stereocenters. The van der Waals surface area contributed by atoms with Crippen LogP contribution < -0.4 is 20.7 Å². The third kappa shape index (κ3) is 5.12. The van der Waals surface area contributed by atoms with E-state index in [2.05, 4.69) is 58.0 Å². The first-order valence-corrected chi connectivity index (χ1v) is 12.4. The Bertz CT molecular complexity index is 1640. The van der Waals surface area contributed by atoms with Crippen LogP contribution >= 0.6 is 0 Å². The first-order chi connectivity index (χ1) is 18.4. The van der Waals surface area contributed by atoms with E-state index < -0.39 is 0 Å². The number of imidazole rings is 1. The van der Waals surface area contributed by atoms with Gasteiger partial charge in [-0.15, -0.1) is 0 Å². The number of hydrogen-bond acceptors (Lipinski definition) is 7. The topological polar surface area (TPSA) is 106 Å². The van der Waals surface area contributed by atoms with Crippen LogP contribution in [0.4, 0.5) is 17.5 Å². The van der Waals surface area contributed by atoms with Gasteiger partial charge in [0.25, 0.3) is 5.91 Å². The molecule has 3 heterocycles. The van der Waals surface area contributed by atoms with Crippen molar-refractivity contribution < 1.29 is 13.8 Å². The summed E-state index contributed by atoms with van der Waals surface area (Å²) in [5.41, 5.74) is 6.35. The first kappa shape index (κ1) is 24.8. The van der Waals surface area contributed by atoms with Crippen molar-refractivity contribution >= 4 is 34.4 Å². The molecule has 5 rings (SSSR count). The lowest BCUT2D eigenvalue weighted by atomic mass is 10.0. The fourth-order valence-corrected chi connectivity index (χ4v) is 4.23. The summed E-state index contributed by atoms with van der Waals surface area (Å²) >= 11 is 0. The number of aryl methyl sites for hydroxylation is 2. The zero-order valence-corrected chi connectivity index (χ0v) is 21.7. The van der Waals surface area contributed by atoms with Crippen molar-refractivity contribution in [1.29, 1.82) is 0 Å². The van der Waals surface area contributed by atoms with Crippen molar-refractivity contribution in [2.24, 2.45) is 7.05 Å². The van der Waals surface area contributed by atoms with Gasteiger partial charge in [-0.1, -0.05) is 6.07 Å². The van der Waals surface area contributed by atoms with E-state index in [0.717, 1.165) is 40.2 Å². The van der Waals surface area contributed by atoms with E-state index in [1.807, 2.05) is 48.1 Å². The smallest absolute Gasteiger partial charge is 0.269 e. The minimum absolute atomic E-state index is 0. The summed E-state index contributed by atoms with van der Waals surface area (Å²) in [7, 11) is 3.53. The SMILES string of the molecule is CCNc1cc(-c2cc(Nc3nc4cc(Oc5ccnc(C(=O)NC)c5)ccc4n3C)ccc2C)ccn1.[HH].[HH].[HH]. The molecule has 0 aliphatic carbocycles. The standard InChI is InChI=1S/C29H29N7O2.3H2/c1-5-31-27-14-19(10-12-33-27)23-15-20(7-6-18(23)2)34-29-35-24-16-21(8-9-26(24)36(29)4)38-22-11-13-32-25(17-22)28(37)30-3;;;/h6-17H,5H2,1-4H3,(H,30,37)(H,31,33)(H,34,35);3*1H. The number of rotatable bonds is 8. The normalized spacial score (nSPS) is 10.8. The summed E-state index contributed by atoms with van der Waals surface area (Å²) in [5, 5.41) is 9.30. The number of aromatic nitrogens is 4. The molecule has 0 fully saturated rings. The largest absolute Gasteiger partial charge is 0.457 e. The quantitative estimate of drug-likeness (QED) is 0.220. The van der Waals surface area contributed by atoms with Crippen molar-refractivity contribution in [3.05, 3.63) is 84.3 Å². The third-order valence-corrected chi connectivity index (χ3v) is 6.20. The molecule has 1 amide bonds. The van der Waals surface area contributed by atoms with Gasteiger partial charge in [0.2, 0.25) is 5.95 Å². The van der Waals surface area contributed by atoms with Crippen LogP contribution in [0.2, 0.25) is 0 Å². The fourth-order valence-electron chi connectivity index (χ4n) is 4.23. The van der Waals surface area contributed by atoms with Crippen LogP contribution in [0.25, 0.3) is 22.2 Å². The molecule has 0 saturated carbocycles. The highest BCUT2D eigenvalue weighted by Crippen LogP contribution is 2.31. The Morgan fingerprint density at radius 3 is 2.63 bits per heavy atom. The molecule has 9 heteroatoms. The number of pyridine rings is 2. The molecular weight excluding hydrogens is 478 g/mol. The van der Waals surface area contributed by atoms with Gasteiger partial charge in [0, 0.05) is 55.1 Å². The van der Waals surface area contributed by atoms with Crippen molar-refractivity contribution in [3.8, 4) is 22.6 Å². The Kier molecular flexibility index (Phi) is 6.90. The van der Waals surface area contributed by atoms with Gasteiger partial charge in [0.15, 0.2) is 0 Å². The molecular formula is C29H35N7O2. The maximum atomic E-state index is 11.9. The molecule has 0 bridgehead atoms. The van der Waals surface area contributed by atoms with Crippen LogP contribution in [-0.2, 0) is 7.05 Å². The zero-order valence-electron chi connectivity index (χ0n) is 21.7. The second-order valence-electron chi connectivity index (χ2n) is 8.82. The Balaban J connectivity index is 0.00000196. The number of ether oxygens (including phenoxy) is 1. The number of fused-ring (bicyclic) bond motifs is 1. The van der Waals surface area contributed by atoms with Crippen LogP contribution in [0, 0.1) is 6.92 Å². The summed E-state index contributed by atoms with van der Waals surface area (Å²) in [4.78, 5) is 25.2. The Hall–Kier alpha value is -4.92. The molecule has 0 spiro atoms. The van der Waals surface area contributed by atoms with Gasteiger partial charge in [-0.05, 0) is 73.0 Å². The Labute approximate surface area is 225 Å². The summed E-state index contributed by atoms with van der Waals surface area (Å²) in [6, 6.07) is 19.4. The number of benzene rings is 2. The number of amides is 1. The Morgan fingerprint density at radius 2 is 1.82 bits per heavy atom. The number of carbonyl (C=O) groups excluding carboxylic acids is 1. The molecule has 5 aromatic rings. The van der Waals surface area contributed by atoms with E-state index >= 15 is 0 Å². The monoisotopic (exact) mass is 513 g/mol. The minimum Gasteiger partial charge on any atom is -0.457 e. The Morgan fingerprint density at radius 1 is 1.00 bits per heavy atom. The molecule has 38 heavy (non-hydrogen) atoms. The van der Waals surface area contributed by atoms with E-state index in [9.17, 15) is 4.79 Å². The average molecular weight is 514 g/mol. The van der Waals surface area contributed by atoms with Gasteiger partial charge in [0.1, 0.15) is 23.0 Å². The van der Waals surface area contributed by atoms with E-state index in [0.29, 0.717) is 17.4 Å². The van der Waals surface area contributed by atoms with Gasteiger partial charge in [-0.25, -0.2) is 9.97 Å². The number of nitrogens with one attached hydrogen (secondary N) is 3.